The number of aliphatic hydroxyl groups is 1. The molecule has 0 spiro atoms. The summed E-state index contributed by atoms with van der Waals surface area (Å²) in [6.07, 6.45) is 12.6. The predicted octanol–water partition coefficient (Wildman–Crippen LogP) is 6.94. The number of nitrogens with zero attached hydrogens (tertiary/aromatic N) is 2. The molecule has 4 aliphatic rings. The molecule has 0 radical (unpaired) electrons. The number of ether oxygens (including phenoxy) is 1. The van der Waals surface area contributed by atoms with Gasteiger partial charge in [-0.3, -0.25) is 9.69 Å². The van der Waals surface area contributed by atoms with Crippen molar-refractivity contribution in [3.8, 4) is 0 Å². The van der Waals surface area contributed by atoms with E-state index in [1.165, 1.54) is 37.7 Å². The highest BCUT2D eigenvalue weighted by Gasteiger charge is 2.58. The molecule has 0 aromatic heterocycles. The van der Waals surface area contributed by atoms with Crippen LogP contribution in [0.25, 0.3) is 0 Å². The van der Waals surface area contributed by atoms with Crippen molar-refractivity contribution < 1.29 is 19.4 Å². The Hall–Kier alpha value is -1.60. The molecule has 246 valence electrons. The summed E-state index contributed by atoms with van der Waals surface area (Å²) in [5.41, 5.74) is 2.97. The van der Waals surface area contributed by atoms with Gasteiger partial charge in [-0.1, -0.05) is 44.8 Å². The number of piperazine rings is 1. The molecule has 3 aliphatic carbocycles. The minimum Gasteiger partial charge on any atom is -0.444 e. The molecule has 2 saturated carbocycles. The molecule has 0 aromatic rings. The zero-order valence-corrected chi connectivity index (χ0v) is 28.6. The Bertz CT molecular complexity index is 993. The van der Waals surface area contributed by atoms with Crippen LogP contribution in [-0.4, -0.2) is 77.9 Å². The Balaban J connectivity index is 1.10. The third kappa shape index (κ3) is 8.36. The zero-order valence-electron chi connectivity index (χ0n) is 28.6. The van der Waals surface area contributed by atoms with E-state index < -0.39 is 5.60 Å². The van der Waals surface area contributed by atoms with Crippen LogP contribution >= 0.6 is 0 Å². The number of unbranched alkanes of at least 4 members (excludes halogenated alkanes) is 3. The number of allylic oxidation sites excluding steroid dienone is 2. The van der Waals surface area contributed by atoms with Crippen molar-refractivity contribution in [2.24, 2.45) is 28.6 Å². The molecular formula is C36H63N3O4. The Morgan fingerprint density at radius 1 is 0.977 bits per heavy atom. The topological polar surface area (TPSA) is 82.1 Å². The Morgan fingerprint density at radius 3 is 2.37 bits per heavy atom. The van der Waals surface area contributed by atoms with Crippen LogP contribution in [0.2, 0.25) is 0 Å². The minimum atomic E-state index is -0.444. The van der Waals surface area contributed by atoms with Crippen molar-refractivity contribution in [2.75, 3.05) is 39.3 Å². The van der Waals surface area contributed by atoms with Crippen molar-refractivity contribution in [3.05, 3.63) is 11.1 Å². The summed E-state index contributed by atoms with van der Waals surface area (Å²) >= 11 is 0. The number of nitrogens with one attached hydrogen (secondary N) is 1. The number of aliphatic hydroxyl groups excluding tert-OH is 1. The molecule has 1 heterocycles. The highest BCUT2D eigenvalue weighted by atomic mass is 16.6. The first kappa shape index (κ1) is 34.3. The van der Waals surface area contributed by atoms with Crippen LogP contribution in [0.5, 0.6) is 0 Å². The van der Waals surface area contributed by atoms with Crippen LogP contribution in [0.1, 0.15) is 126 Å². The monoisotopic (exact) mass is 601 g/mol. The average molecular weight is 602 g/mol. The van der Waals surface area contributed by atoms with Crippen LogP contribution in [0.4, 0.5) is 4.79 Å². The molecule has 7 heteroatoms. The maximum atomic E-state index is 12.8. The fourth-order valence-corrected chi connectivity index (χ4v) is 9.28. The first-order valence-corrected chi connectivity index (χ1v) is 17.6. The maximum absolute atomic E-state index is 12.8. The molecule has 3 unspecified atom stereocenters. The van der Waals surface area contributed by atoms with E-state index >= 15 is 0 Å². The SMILES string of the molecule is CC1=C(CCC(=O)NCCCCCCN2CCN(C(=O)OC(C)(C)C)CC2)C2CCC3C(C)(C)C(O)CC[C@]3(C)[C@H]2CC1. The highest BCUT2D eigenvalue weighted by Crippen LogP contribution is 2.64. The highest BCUT2D eigenvalue weighted by molar-refractivity contribution is 5.76. The zero-order chi connectivity index (χ0) is 31.4. The molecule has 5 atom stereocenters. The van der Waals surface area contributed by atoms with Gasteiger partial charge in [0.2, 0.25) is 5.91 Å². The fraction of sp³-hybridized carbons (Fsp3) is 0.889. The number of fused-ring (bicyclic) bond motifs is 3. The number of rotatable bonds is 10. The van der Waals surface area contributed by atoms with Gasteiger partial charge in [-0.2, -0.15) is 0 Å². The number of carbonyl (C=O) groups excluding carboxylic acids is 2. The fourth-order valence-electron chi connectivity index (χ4n) is 9.28. The third-order valence-corrected chi connectivity index (χ3v) is 11.8. The molecule has 2 N–H and O–H groups in total. The van der Waals surface area contributed by atoms with Gasteiger partial charge < -0.3 is 20.1 Å². The molecule has 0 bridgehead atoms. The van der Waals surface area contributed by atoms with E-state index in [1.54, 1.807) is 5.57 Å². The van der Waals surface area contributed by atoms with Crippen molar-refractivity contribution in [1.82, 2.24) is 15.1 Å². The van der Waals surface area contributed by atoms with Gasteiger partial charge in [-0.05, 0) is 121 Å². The van der Waals surface area contributed by atoms with Gasteiger partial charge in [-0.25, -0.2) is 4.79 Å². The Labute approximate surface area is 262 Å². The van der Waals surface area contributed by atoms with Crippen LogP contribution < -0.4 is 5.32 Å². The molecule has 3 fully saturated rings. The van der Waals surface area contributed by atoms with E-state index in [1.807, 2.05) is 25.7 Å². The molecule has 2 amide bonds. The lowest BCUT2D eigenvalue weighted by atomic mass is 9.43. The van der Waals surface area contributed by atoms with Crippen molar-refractivity contribution in [1.29, 1.82) is 0 Å². The molecule has 43 heavy (non-hydrogen) atoms. The number of amides is 2. The van der Waals surface area contributed by atoms with Gasteiger partial charge in [0.25, 0.3) is 0 Å². The van der Waals surface area contributed by atoms with Gasteiger partial charge in [0, 0.05) is 39.1 Å². The van der Waals surface area contributed by atoms with Gasteiger partial charge >= 0.3 is 6.09 Å². The lowest BCUT2D eigenvalue weighted by Crippen LogP contribution is -2.56. The lowest BCUT2D eigenvalue weighted by Gasteiger charge is -2.62. The second kappa shape index (κ2) is 14.2. The van der Waals surface area contributed by atoms with Crippen molar-refractivity contribution >= 4 is 12.0 Å². The van der Waals surface area contributed by atoms with Gasteiger partial charge in [-0.15, -0.1) is 0 Å². The van der Waals surface area contributed by atoms with Crippen LogP contribution in [0, 0.1) is 28.6 Å². The van der Waals surface area contributed by atoms with E-state index in [-0.39, 0.29) is 23.5 Å². The Morgan fingerprint density at radius 2 is 1.67 bits per heavy atom. The number of carbonyl (C=O) groups is 2. The Kier molecular flexibility index (Phi) is 11.3. The van der Waals surface area contributed by atoms with Crippen molar-refractivity contribution in [2.45, 2.75) is 137 Å². The second-order valence-corrected chi connectivity index (χ2v) is 16.1. The summed E-state index contributed by atoms with van der Waals surface area (Å²) in [6.45, 7) is 20.3. The van der Waals surface area contributed by atoms with E-state index in [9.17, 15) is 14.7 Å². The molecule has 0 aromatic carbocycles. The summed E-state index contributed by atoms with van der Waals surface area (Å²) in [6, 6.07) is 0. The van der Waals surface area contributed by atoms with Crippen LogP contribution in [-0.2, 0) is 9.53 Å². The molecule has 4 rings (SSSR count). The summed E-state index contributed by atoms with van der Waals surface area (Å²) in [4.78, 5) is 29.3. The largest absolute Gasteiger partial charge is 0.444 e. The van der Waals surface area contributed by atoms with Crippen LogP contribution in [0.3, 0.4) is 0 Å². The van der Waals surface area contributed by atoms with E-state index in [2.05, 4.69) is 37.9 Å². The van der Waals surface area contributed by atoms with E-state index in [4.69, 9.17) is 4.74 Å². The van der Waals surface area contributed by atoms with Crippen molar-refractivity contribution in [3.63, 3.8) is 0 Å². The molecular weight excluding hydrogens is 538 g/mol. The van der Waals surface area contributed by atoms with Gasteiger partial charge in [0.05, 0.1) is 6.10 Å². The molecule has 1 aliphatic heterocycles. The summed E-state index contributed by atoms with van der Waals surface area (Å²) in [5, 5.41) is 14.0. The first-order valence-electron chi connectivity index (χ1n) is 17.6. The first-order chi connectivity index (χ1) is 20.2. The average Bonchev–Trinajstić information content (AvgIpc) is 2.93. The smallest absolute Gasteiger partial charge is 0.410 e. The molecule has 7 nitrogen and oxygen atoms in total. The van der Waals surface area contributed by atoms with E-state index in [0.29, 0.717) is 29.6 Å². The van der Waals surface area contributed by atoms with E-state index in [0.717, 1.165) is 77.8 Å². The summed E-state index contributed by atoms with van der Waals surface area (Å²) in [7, 11) is 0. The second-order valence-electron chi connectivity index (χ2n) is 16.1. The molecule has 1 saturated heterocycles. The summed E-state index contributed by atoms with van der Waals surface area (Å²) in [5.74, 6) is 2.09. The predicted molar refractivity (Wildman–Crippen MR) is 174 cm³/mol. The maximum Gasteiger partial charge on any atom is 0.410 e. The standard InChI is InChI=1S/C36H63N3O4/c1-26-12-15-29-28(13-16-30-35(5,6)31(40)18-19-36(29,30)7)27(26)14-17-32(41)37-20-10-8-9-11-21-38-22-24-39(25-23-38)33(42)43-34(2,3)4/h28-31,40H,8-25H2,1-7H3,(H,37,41)/t28?,29-,30?,31?,36+/m0/s1. The minimum absolute atomic E-state index is 0.00698. The lowest BCUT2D eigenvalue weighted by molar-refractivity contribution is -0.149. The third-order valence-electron chi connectivity index (χ3n) is 11.8. The normalized spacial score (nSPS) is 31.3. The number of hydrogen-bond acceptors (Lipinski definition) is 5. The van der Waals surface area contributed by atoms with Gasteiger partial charge in [0.15, 0.2) is 0 Å². The number of hydrogen-bond donors (Lipinski definition) is 2. The summed E-state index contributed by atoms with van der Waals surface area (Å²) < 4.78 is 5.50. The van der Waals surface area contributed by atoms with Gasteiger partial charge in [0.1, 0.15) is 5.60 Å². The quantitative estimate of drug-likeness (QED) is 0.210. The van der Waals surface area contributed by atoms with Crippen LogP contribution in [0.15, 0.2) is 11.1 Å².